The number of hydrogen-bond donors (Lipinski definition) is 1. The molecule has 0 aliphatic carbocycles. The van der Waals surface area contributed by atoms with Gasteiger partial charge < -0.3 is 10.5 Å². The fourth-order valence-electron chi connectivity index (χ4n) is 1.84. The Balaban J connectivity index is 2.38. The summed E-state index contributed by atoms with van der Waals surface area (Å²) in [6, 6.07) is 12.7. The Morgan fingerprint density at radius 1 is 1.11 bits per heavy atom. The summed E-state index contributed by atoms with van der Waals surface area (Å²) in [5.41, 5.74) is 7.97. The molecule has 0 heterocycles. The van der Waals surface area contributed by atoms with Crippen molar-refractivity contribution in [2.24, 2.45) is 5.73 Å². The lowest BCUT2D eigenvalue weighted by molar-refractivity contribution is 0.340. The lowest BCUT2D eigenvalue weighted by Gasteiger charge is -2.08. The molecule has 0 aliphatic heterocycles. The molecule has 2 rings (SSSR count). The van der Waals surface area contributed by atoms with Gasteiger partial charge >= 0.3 is 0 Å². The number of nitrogens with two attached hydrogens (primary N) is 1. The molecule has 0 saturated heterocycles. The molecule has 0 radical (unpaired) electrons. The standard InChI is InChI=1S/C15H16FNO/c1-2-18-14-5-3-4-11(9-14)12-6-7-15(16)13(8-12)10-17/h3-9H,2,10,17H2,1H3. The summed E-state index contributed by atoms with van der Waals surface area (Å²) in [6.45, 7) is 2.77. The van der Waals surface area contributed by atoms with Crippen LogP contribution >= 0.6 is 0 Å². The van der Waals surface area contributed by atoms with Crippen LogP contribution in [0.3, 0.4) is 0 Å². The highest BCUT2D eigenvalue weighted by atomic mass is 19.1. The number of ether oxygens (including phenoxy) is 1. The van der Waals surface area contributed by atoms with Crippen molar-refractivity contribution < 1.29 is 9.13 Å². The molecule has 0 saturated carbocycles. The predicted octanol–water partition coefficient (Wildman–Crippen LogP) is 3.35. The molecule has 2 nitrogen and oxygen atoms in total. The Bertz CT molecular complexity index is 540. The molecule has 18 heavy (non-hydrogen) atoms. The first-order valence-corrected chi connectivity index (χ1v) is 5.96. The summed E-state index contributed by atoms with van der Waals surface area (Å²) < 4.78 is 18.8. The molecule has 2 N–H and O–H groups in total. The summed E-state index contributed by atoms with van der Waals surface area (Å²) in [6.07, 6.45) is 0. The summed E-state index contributed by atoms with van der Waals surface area (Å²) in [5, 5.41) is 0. The van der Waals surface area contributed by atoms with Crippen molar-refractivity contribution in [2.75, 3.05) is 6.61 Å². The van der Waals surface area contributed by atoms with Gasteiger partial charge in [-0.2, -0.15) is 0 Å². The van der Waals surface area contributed by atoms with Gasteiger partial charge in [0.05, 0.1) is 6.61 Å². The number of halogens is 1. The van der Waals surface area contributed by atoms with Crippen molar-refractivity contribution in [1.82, 2.24) is 0 Å². The first-order chi connectivity index (χ1) is 8.74. The molecule has 2 aromatic rings. The molecule has 0 atom stereocenters. The van der Waals surface area contributed by atoms with E-state index in [4.69, 9.17) is 10.5 Å². The molecule has 2 aromatic carbocycles. The van der Waals surface area contributed by atoms with E-state index < -0.39 is 0 Å². The summed E-state index contributed by atoms with van der Waals surface area (Å²) in [4.78, 5) is 0. The average molecular weight is 245 g/mol. The molecule has 0 aliphatic rings. The van der Waals surface area contributed by atoms with Crippen molar-refractivity contribution in [3.63, 3.8) is 0 Å². The van der Waals surface area contributed by atoms with Crippen LogP contribution in [-0.2, 0) is 6.54 Å². The van der Waals surface area contributed by atoms with Crippen LogP contribution in [0.2, 0.25) is 0 Å². The van der Waals surface area contributed by atoms with Gasteiger partial charge in [-0.1, -0.05) is 18.2 Å². The van der Waals surface area contributed by atoms with Crippen LogP contribution < -0.4 is 10.5 Å². The molecule has 94 valence electrons. The second-order valence-corrected chi connectivity index (χ2v) is 3.97. The van der Waals surface area contributed by atoms with Crippen LogP contribution in [0.5, 0.6) is 5.75 Å². The van der Waals surface area contributed by atoms with Gasteiger partial charge in [0, 0.05) is 12.1 Å². The highest BCUT2D eigenvalue weighted by molar-refractivity contribution is 5.65. The van der Waals surface area contributed by atoms with Crippen LogP contribution in [0.4, 0.5) is 4.39 Å². The lowest BCUT2D eigenvalue weighted by atomic mass is 10.0. The van der Waals surface area contributed by atoms with Crippen LogP contribution in [0.1, 0.15) is 12.5 Å². The van der Waals surface area contributed by atoms with E-state index in [2.05, 4.69) is 0 Å². The Morgan fingerprint density at radius 3 is 2.61 bits per heavy atom. The summed E-state index contributed by atoms with van der Waals surface area (Å²) in [7, 11) is 0. The van der Waals surface area contributed by atoms with Crippen molar-refractivity contribution in [1.29, 1.82) is 0 Å². The largest absolute Gasteiger partial charge is 0.494 e. The van der Waals surface area contributed by atoms with Gasteiger partial charge in [-0.15, -0.1) is 0 Å². The van der Waals surface area contributed by atoms with Crippen LogP contribution in [-0.4, -0.2) is 6.61 Å². The molecule has 0 bridgehead atoms. The first kappa shape index (κ1) is 12.6. The molecule has 0 aromatic heterocycles. The third-order valence-electron chi connectivity index (χ3n) is 2.74. The van der Waals surface area contributed by atoms with Gasteiger partial charge in [0.1, 0.15) is 11.6 Å². The normalized spacial score (nSPS) is 10.4. The molecule has 0 amide bonds. The molecule has 0 spiro atoms. The van der Waals surface area contributed by atoms with E-state index in [9.17, 15) is 4.39 Å². The van der Waals surface area contributed by atoms with Gasteiger partial charge in [-0.25, -0.2) is 4.39 Å². The zero-order valence-corrected chi connectivity index (χ0v) is 10.3. The van der Waals surface area contributed by atoms with E-state index in [0.29, 0.717) is 12.2 Å². The fourth-order valence-corrected chi connectivity index (χ4v) is 1.84. The first-order valence-electron chi connectivity index (χ1n) is 5.96. The summed E-state index contributed by atoms with van der Waals surface area (Å²) >= 11 is 0. The Morgan fingerprint density at radius 2 is 1.89 bits per heavy atom. The molecule has 0 unspecified atom stereocenters. The molecule has 0 fully saturated rings. The monoisotopic (exact) mass is 245 g/mol. The SMILES string of the molecule is CCOc1cccc(-c2ccc(F)c(CN)c2)c1. The van der Waals surface area contributed by atoms with E-state index in [1.165, 1.54) is 6.07 Å². The van der Waals surface area contributed by atoms with Gasteiger partial charge in [-0.3, -0.25) is 0 Å². The van der Waals surface area contributed by atoms with Gasteiger partial charge in [0.25, 0.3) is 0 Å². The second-order valence-electron chi connectivity index (χ2n) is 3.97. The van der Waals surface area contributed by atoms with Crippen molar-refractivity contribution in [2.45, 2.75) is 13.5 Å². The minimum Gasteiger partial charge on any atom is -0.494 e. The maximum atomic E-state index is 13.4. The number of benzene rings is 2. The number of rotatable bonds is 4. The number of hydrogen-bond acceptors (Lipinski definition) is 2. The Labute approximate surface area is 106 Å². The summed E-state index contributed by atoms with van der Waals surface area (Å²) in [5.74, 6) is 0.552. The third-order valence-corrected chi connectivity index (χ3v) is 2.74. The van der Waals surface area contributed by atoms with E-state index >= 15 is 0 Å². The highest BCUT2D eigenvalue weighted by Gasteiger charge is 2.04. The third kappa shape index (κ3) is 2.68. The molecule has 3 heteroatoms. The van der Waals surface area contributed by atoms with Gasteiger partial charge in [0.15, 0.2) is 0 Å². The Hall–Kier alpha value is -1.87. The second kappa shape index (κ2) is 5.65. The fraction of sp³-hybridized carbons (Fsp3) is 0.200. The predicted molar refractivity (Wildman–Crippen MR) is 70.9 cm³/mol. The Kier molecular flexibility index (Phi) is 3.95. The zero-order valence-electron chi connectivity index (χ0n) is 10.3. The molecular formula is C15H16FNO. The van der Waals surface area contributed by atoms with E-state index in [-0.39, 0.29) is 12.4 Å². The lowest BCUT2D eigenvalue weighted by Crippen LogP contribution is -1.99. The van der Waals surface area contributed by atoms with Crippen LogP contribution in [0, 0.1) is 5.82 Å². The van der Waals surface area contributed by atoms with Crippen molar-refractivity contribution in [3.8, 4) is 16.9 Å². The maximum absolute atomic E-state index is 13.4. The van der Waals surface area contributed by atoms with E-state index in [0.717, 1.165) is 16.9 Å². The van der Waals surface area contributed by atoms with Gasteiger partial charge in [0.2, 0.25) is 0 Å². The quantitative estimate of drug-likeness (QED) is 0.896. The molecular weight excluding hydrogens is 229 g/mol. The van der Waals surface area contributed by atoms with E-state index in [1.54, 1.807) is 12.1 Å². The van der Waals surface area contributed by atoms with Gasteiger partial charge in [-0.05, 0) is 42.3 Å². The van der Waals surface area contributed by atoms with E-state index in [1.807, 2.05) is 31.2 Å². The topological polar surface area (TPSA) is 35.2 Å². The maximum Gasteiger partial charge on any atom is 0.127 e. The van der Waals surface area contributed by atoms with Crippen molar-refractivity contribution >= 4 is 0 Å². The van der Waals surface area contributed by atoms with Crippen LogP contribution in [0.25, 0.3) is 11.1 Å². The highest BCUT2D eigenvalue weighted by Crippen LogP contribution is 2.25. The van der Waals surface area contributed by atoms with Crippen molar-refractivity contribution in [3.05, 3.63) is 53.8 Å². The zero-order chi connectivity index (χ0) is 13.0. The van der Waals surface area contributed by atoms with Crippen LogP contribution in [0.15, 0.2) is 42.5 Å². The minimum atomic E-state index is -0.262. The average Bonchev–Trinajstić information content (AvgIpc) is 2.40. The minimum absolute atomic E-state index is 0.199. The smallest absolute Gasteiger partial charge is 0.127 e.